The van der Waals surface area contributed by atoms with Crippen LogP contribution in [-0.4, -0.2) is 19.7 Å². The van der Waals surface area contributed by atoms with Crippen molar-refractivity contribution in [2.45, 2.75) is 32.2 Å². The molecule has 0 spiro atoms. The van der Waals surface area contributed by atoms with Crippen LogP contribution in [0.2, 0.25) is 5.02 Å². The molecule has 0 fully saturated rings. The number of carbonyl (C=O) groups excluding carboxylic acids is 1. The third kappa shape index (κ3) is 3.35. The van der Waals surface area contributed by atoms with Crippen LogP contribution in [0.25, 0.3) is 5.78 Å². The molecule has 2 aromatic heterocycles. The monoisotopic (exact) mass is 417 g/mol. The summed E-state index contributed by atoms with van der Waals surface area (Å²) in [5.41, 5.74) is 4.13. The number of imidazole rings is 1. The van der Waals surface area contributed by atoms with Crippen molar-refractivity contribution in [1.82, 2.24) is 14.0 Å². The van der Waals surface area contributed by atoms with Crippen molar-refractivity contribution in [2.75, 3.05) is 0 Å². The first-order valence-electron chi connectivity index (χ1n) is 10.1. The number of nitrogens with zero attached hydrogens (tertiary/aromatic N) is 3. The Hall–Kier alpha value is -3.18. The fourth-order valence-electron chi connectivity index (χ4n) is 4.05. The highest BCUT2D eigenvalue weighted by molar-refractivity contribution is 6.30. The Morgan fingerprint density at radius 2 is 1.60 bits per heavy atom. The Morgan fingerprint density at radius 1 is 0.933 bits per heavy atom. The number of aromatic nitrogens is 3. The van der Waals surface area contributed by atoms with Crippen LogP contribution in [0, 0.1) is 0 Å². The summed E-state index contributed by atoms with van der Waals surface area (Å²) in [6.45, 7) is 0.580. The minimum Gasteiger partial charge on any atom is -0.312 e. The van der Waals surface area contributed by atoms with Crippen LogP contribution in [0.1, 0.15) is 45.6 Å². The van der Waals surface area contributed by atoms with Gasteiger partial charge in [0.1, 0.15) is 0 Å². The molecule has 0 unspecified atom stereocenters. The molecule has 5 nitrogen and oxygen atoms in total. The highest BCUT2D eigenvalue weighted by Gasteiger charge is 2.18. The van der Waals surface area contributed by atoms with Crippen LogP contribution in [0.4, 0.5) is 0 Å². The Morgan fingerprint density at radius 3 is 2.33 bits per heavy atom. The minimum absolute atomic E-state index is 0.0375. The molecule has 0 aliphatic heterocycles. The van der Waals surface area contributed by atoms with Gasteiger partial charge in [0, 0.05) is 34.1 Å². The number of rotatable bonds is 4. The summed E-state index contributed by atoms with van der Waals surface area (Å²) >= 11 is 5.90. The summed E-state index contributed by atoms with van der Waals surface area (Å²) in [7, 11) is 0. The summed E-state index contributed by atoms with van der Waals surface area (Å²) in [4.78, 5) is 30.2. The van der Waals surface area contributed by atoms with Gasteiger partial charge in [-0.1, -0.05) is 35.9 Å². The fraction of sp³-hybridized carbons (Fsp3) is 0.208. The molecule has 0 bridgehead atoms. The van der Waals surface area contributed by atoms with Crippen molar-refractivity contribution >= 4 is 23.2 Å². The molecule has 2 heterocycles. The summed E-state index contributed by atoms with van der Waals surface area (Å²) in [6, 6.07) is 14.4. The van der Waals surface area contributed by atoms with Crippen LogP contribution in [0.5, 0.6) is 0 Å². The predicted octanol–water partition coefficient (Wildman–Crippen LogP) is 4.31. The van der Waals surface area contributed by atoms with Crippen LogP contribution in [0.15, 0.2) is 65.7 Å². The van der Waals surface area contributed by atoms with Gasteiger partial charge in [0.2, 0.25) is 5.78 Å². The van der Waals surface area contributed by atoms with Crippen molar-refractivity contribution < 1.29 is 4.79 Å². The number of ketones is 1. The summed E-state index contributed by atoms with van der Waals surface area (Å²) in [5, 5.41) is 0.606. The zero-order chi connectivity index (χ0) is 20.7. The quantitative estimate of drug-likeness (QED) is 0.465. The van der Waals surface area contributed by atoms with Gasteiger partial charge in [-0.3, -0.25) is 14.0 Å². The molecule has 6 heteroatoms. The molecule has 150 valence electrons. The molecule has 1 aliphatic carbocycles. The van der Waals surface area contributed by atoms with Crippen molar-refractivity contribution in [3.63, 3.8) is 0 Å². The lowest BCUT2D eigenvalue weighted by Gasteiger charge is -2.14. The zero-order valence-corrected chi connectivity index (χ0v) is 17.1. The molecular formula is C24H20ClN3O2. The van der Waals surface area contributed by atoms with Crippen LogP contribution in [0.3, 0.4) is 0 Å². The van der Waals surface area contributed by atoms with Gasteiger partial charge in [-0.25, -0.2) is 4.98 Å². The van der Waals surface area contributed by atoms with Gasteiger partial charge in [0.05, 0.1) is 12.2 Å². The van der Waals surface area contributed by atoms with Crippen molar-refractivity contribution in [1.29, 1.82) is 0 Å². The number of hydrogen-bond donors (Lipinski definition) is 0. The highest BCUT2D eigenvalue weighted by atomic mass is 35.5. The maximum absolute atomic E-state index is 12.8. The van der Waals surface area contributed by atoms with Crippen LogP contribution < -0.4 is 5.56 Å². The number of aryl methyl sites for hydroxylation is 1. The van der Waals surface area contributed by atoms with Gasteiger partial charge >= 0.3 is 0 Å². The van der Waals surface area contributed by atoms with Gasteiger partial charge < -0.3 is 4.57 Å². The van der Waals surface area contributed by atoms with Crippen molar-refractivity contribution in [3.05, 3.63) is 104 Å². The van der Waals surface area contributed by atoms with Crippen molar-refractivity contribution in [3.8, 4) is 0 Å². The summed E-state index contributed by atoms with van der Waals surface area (Å²) in [6.07, 6.45) is 7.50. The van der Waals surface area contributed by atoms with E-state index in [1.54, 1.807) is 34.9 Å². The second-order valence-electron chi connectivity index (χ2n) is 7.68. The van der Waals surface area contributed by atoms with E-state index < -0.39 is 0 Å². The van der Waals surface area contributed by atoms with E-state index in [0.717, 1.165) is 42.5 Å². The maximum atomic E-state index is 12.8. The molecule has 0 saturated carbocycles. The van der Waals surface area contributed by atoms with Crippen LogP contribution >= 0.6 is 11.6 Å². The molecule has 0 saturated heterocycles. The van der Waals surface area contributed by atoms with Crippen molar-refractivity contribution in [2.24, 2.45) is 0 Å². The van der Waals surface area contributed by atoms with Gasteiger partial charge in [-0.05, 0) is 55.5 Å². The van der Waals surface area contributed by atoms with Gasteiger partial charge in [0.15, 0.2) is 5.78 Å². The van der Waals surface area contributed by atoms with Gasteiger partial charge in [-0.2, -0.15) is 0 Å². The first kappa shape index (κ1) is 18.8. The Bertz CT molecular complexity index is 1300. The Balaban J connectivity index is 1.42. The standard InChI is InChI=1S/C24H20ClN3O2/c25-19-11-9-18(10-12-19)22(29)17-7-5-16(6-8-17)15-27-13-14-28-23(30)20-3-1-2-4-21(20)26-24(27)28/h5-14H,1-4,15H2. The zero-order valence-electron chi connectivity index (χ0n) is 16.3. The third-order valence-electron chi connectivity index (χ3n) is 5.69. The maximum Gasteiger partial charge on any atom is 0.262 e. The van der Waals surface area contributed by atoms with E-state index in [2.05, 4.69) is 0 Å². The van der Waals surface area contributed by atoms with E-state index in [1.807, 2.05) is 35.0 Å². The molecule has 0 atom stereocenters. The number of halogens is 1. The lowest BCUT2D eigenvalue weighted by Crippen LogP contribution is -2.24. The Labute approximate surface area is 178 Å². The summed E-state index contributed by atoms with van der Waals surface area (Å²) in [5.74, 6) is 0.631. The van der Waals surface area contributed by atoms with E-state index in [9.17, 15) is 9.59 Å². The first-order chi connectivity index (χ1) is 14.6. The third-order valence-corrected chi connectivity index (χ3v) is 5.95. The molecule has 1 aliphatic rings. The second-order valence-corrected chi connectivity index (χ2v) is 8.11. The lowest BCUT2D eigenvalue weighted by molar-refractivity contribution is 0.103. The number of benzene rings is 2. The number of carbonyl (C=O) groups is 1. The van der Waals surface area contributed by atoms with E-state index >= 15 is 0 Å². The van der Waals surface area contributed by atoms with E-state index in [4.69, 9.17) is 16.6 Å². The highest BCUT2D eigenvalue weighted by Crippen LogP contribution is 2.18. The molecule has 2 aromatic carbocycles. The topological polar surface area (TPSA) is 56.4 Å². The number of hydrogen-bond acceptors (Lipinski definition) is 3. The van der Waals surface area contributed by atoms with Gasteiger partial charge in [0.25, 0.3) is 5.56 Å². The van der Waals surface area contributed by atoms with E-state index in [-0.39, 0.29) is 11.3 Å². The minimum atomic E-state index is -0.0375. The Kier molecular flexibility index (Phi) is 4.75. The molecule has 5 rings (SSSR count). The van der Waals surface area contributed by atoms with Crippen LogP contribution in [-0.2, 0) is 19.4 Å². The summed E-state index contributed by atoms with van der Waals surface area (Å²) < 4.78 is 3.62. The molecule has 4 aromatic rings. The normalized spacial score (nSPS) is 13.4. The SMILES string of the molecule is O=C(c1ccc(Cl)cc1)c1ccc(Cn2ccn3c(=O)c4c(nc23)CCCC4)cc1. The molecule has 30 heavy (non-hydrogen) atoms. The average molecular weight is 418 g/mol. The fourth-order valence-corrected chi connectivity index (χ4v) is 4.18. The smallest absolute Gasteiger partial charge is 0.262 e. The van der Waals surface area contributed by atoms with Gasteiger partial charge in [-0.15, -0.1) is 0 Å². The van der Waals surface area contributed by atoms with E-state index in [1.165, 1.54) is 0 Å². The molecule has 0 radical (unpaired) electrons. The largest absolute Gasteiger partial charge is 0.312 e. The second kappa shape index (κ2) is 7.58. The average Bonchev–Trinajstić information content (AvgIpc) is 3.17. The molecular weight excluding hydrogens is 398 g/mol. The lowest BCUT2D eigenvalue weighted by atomic mass is 9.97. The first-order valence-corrected chi connectivity index (χ1v) is 10.5. The number of fused-ring (bicyclic) bond motifs is 2. The molecule has 0 N–H and O–H groups in total. The van der Waals surface area contributed by atoms with E-state index in [0.29, 0.717) is 28.5 Å². The molecule has 0 amide bonds. The predicted molar refractivity (Wildman–Crippen MR) is 117 cm³/mol.